The van der Waals surface area contributed by atoms with Crippen LogP contribution in [0.4, 0.5) is 0 Å². The largest absolute Gasteiger partial charge is 0.384 e. The van der Waals surface area contributed by atoms with Crippen molar-refractivity contribution in [1.82, 2.24) is 4.90 Å². The Bertz CT molecular complexity index is 592. The first-order valence-electron chi connectivity index (χ1n) is 8.73. The maximum absolute atomic E-state index is 11.6. The van der Waals surface area contributed by atoms with Gasteiger partial charge in [-0.15, -0.1) is 0 Å². The molecular weight excluding hydrogens is 282 g/mol. The Morgan fingerprint density at radius 2 is 1.52 bits per heavy atom. The van der Waals surface area contributed by atoms with Crippen molar-refractivity contribution >= 4 is 0 Å². The average Bonchev–Trinajstić information content (AvgIpc) is 3.09. The molecule has 0 aliphatic carbocycles. The van der Waals surface area contributed by atoms with E-state index < -0.39 is 5.60 Å². The van der Waals surface area contributed by atoms with Gasteiger partial charge in [0.25, 0.3) is 0 Å². The normalized spacial score (nSPS) is 19.4. The average molecular weight is 309 g/mol. The van der Waals surface area contributed by atoms with Gasteiger partial charge in [-0.3, -0.25) is 0 Å². The molecule has 0 saturated carbocycles. The van der Waals surface area contributed by atoms with Gasteiger partial charge in [-0.1, -0.05) is 67.6 Å². The van der Waals surface area contributed by atoms with Gasteiger partial charge in [0.15, 0.2) is 0 Å². The summed E-state index contributed by atoms with van der Waals surface area (Å²) < 4.78 is 0. The Labute approximate surface area is 139 Å². The number of aliphatic hydroxyl groups is 1. The van der Waals surface area contributed by atoms with Gasteiger partial charge < -0.3 is 10.0 Å². The molecular formula is C21H27NO. The van der Waals surface area contributed by atoms with Crippen LogP contribution in [0.5, 0.6) is 0 Å². The second-order valence-corrected chi connectivity index (χ2v) is 6.86. The molecule has 2 heteroatoms. The van der Waals surface area contributed by atoms with Gasteiger partial charge in [0.2, 0.25) is 0 Å². The smallest absolute Gasteiger partial charge is 0.0974 e. The summed E-state index contributed by atoms with van der Waals surface area (Å²) in [5, 5.41) is 11.6. The molecule has 1 aliphatic rings. The Morgan fingerprint density at radius 3 is 2.13 bits per heavy atom. The van der Waals surface area contributed by atoms with Crippen LogP contribution < -0.4 is 0 Å². The Hall–Kier alpha value is -1.64. The standard InChI is InChI=1S/C21H27NO/c1-18(17-22-14-8-9-15-22)21(23,20-12-6-3-7-13-20)16-19-10-4-2-5-11-19/h2-7,10-13,18,23H,8-9,14-17H2,1H3/t18-,21+/m0/s1. The van der Waals surface area contributed by atoms with Crippen LogP contribution in [0.1, 0.15) is 30.9 Å². The van der Waals surface area contributed by atoms with Crippen molar-refractivity contribution in [3.05, 3.63) is 71.8 Å². The lowest BCUT2D eigenvalue weighted by molar-refractivity contribution is -0.0277. The van der Waals surface area contributed by atoms with E-state index in [4.69, 9.17) is 0 Å². The lowest BCUT2D eigenvalue weighted by Gasteiger charge is -2.37. The summed E-state index contributed by atoms with van der Waals surface area (Å²) in [6.45, 7) is 5.48. The van der Waals surface area contributed by atoms with Crippen molar-refractivity contribution in [2.45, 2.75) is 31.8 Å². The van der Waals surface area contributed by atoms with Gasteiger partial charge in [-0.25, -0.2) is 0 Å². The quantitative estimate of drug-likeness (QED) is 0.876. The first-order valence-corrected chi connectivity index (χ1v) is 8.73. The predicted octanol–water partition coefficient (Wildman–Crippen LogP) is 3.85. The van der Waals surface area contributed by atoms with Crippen LogP contribution in [0.3, 0.4) is 0 Å². The summed E-state index contributed by atoms with van der Waals surface area (Å²) in [5.41, 5.74) is 1.38. The highest BCUT2D eigenvalue weighted by molar-refractivity contribution is 5.27. The first kappa shape index (κ1) is 16.2. The van der Waals surface area contributed by atoms with Crippen molar-refractivity contribution in [3.8, 4) is 0 Å². The zero-order chi connectivity index (χ0) is 16.1. The third-order valence-corrected chi connectivity index (χ3v) is 5.14. The molecule has 0 radical (unpaired) electrons. The lowest BCUT2D eigenvalue weighted by atomic mass is 9.77. The molecule has 2 aromatic carbocycles. The third-order valence-electron chi connectivity index (χ3n) is 5.14. The van der Waals surface area contributed by atoms with Crippen LogP contribution >= 0.6 is 0 Å². The number of benzene rings is 2. The summed E-state index contributed by atoms with van der Waals surface area (Å²) >= 11 is 0. The van der Waals surface area contributed by atoms with E-state index in [1.54, 1.807) is 0 Å². The maximum atomic E-state index is 11.6. The van der Waals surface area contributed by atoms with E-state index in [1.165, 1.54) is 31.5 Å². The highest BCUT2D eigenvalue weighted by atomic mass is 16.3. The van der Waals surface area contributed by atoms with Crippen LogP contribution in [0.15, 0.2) is 60.7 Å². The zero-order valence-electron chi connectivity index (χ0n) is 14.0. The maximum Gasteiger partial charge on any atom is 0.0974 e. The van der Waals surface area contributed by atoms with E-state index in [9.17, 15) is 5.11 Å². The number of nitrogens with zero attached hydrogens (tertiary/aromatic N) is 1. The minimum absolute atomic E-state index is 0.184. The molecule has 0 spiro atoms. The highest BCUT2D eigenvalue weighted by Gasteiger charge is 2.36. The Balaban J connectivity index is 1.86. The molecule has 122 valence electrons. The van der Waals surface area contributed by atoms with Gasteiger partial charge in [-0.2, -0.15) is 0 Å². The molecule has 0 bridgehead atoms. The molecule has 0 unspecified atom stereocenters. The second kappa shape index (κ2) is 7.29. The van der Waals surface area contributed by atoms with Gasteiger partial charge >= 0.3 is 0 Å². The van der Waals surface area contributed by atoms with Crippen LogP contribution in [-0.4, -0.2) is 29.6 Å². The topological polar surface area (TPSA) is 23.5 Å². The van der Waals surface area contributed by atoms with Crippen molar-refractivity contribution in [1.29, 1.82) is 0 Å². The van der Waals surface area contributed by atoms with Crippen molar-refractivity contribution in [3.63, 3.8) is 0 Å². The van der Waals surface area contributed by atoms with E-state index >= 15 is 0 Å². The minimum atomic E-state index is -0.828. The number of likely N-dealkylation sites (tertiary alicyclic amines) is 1. The van der Waals surface area contributed by atoms with Gasteiger partial charge in [0.1, 0.15) is 0 Å². The monoisotopic (exact) mass is 309 g/mol. The lowest BCUT2D eigenvalue weighted by Crippen LogP contribution is -2.42. The van der Waals surface area contributed by atoms with Gasteiger partial charge in [-0.05, 0) is 37.1 Å². The molecule has 0 amide bonds. The SMILES string of the molecule is C[C@@H](CN1CCCC1)[C@](O)(Cc1ccccc1)c1ccccc1. The summed E-state index contributed by atoms with van der Waals surface area (Å²) in [6, 6.07) is 20.5. The molecule has 1 aliphatic heterocycles. The number of hydrogen-bond acceptors (Lipinski definition) is 2. The predicted molar refractivity (Wildman–Crippen MR) is 95.3 cm³/mol. The van der Waals surface area contributed by atoms with Crippen LogP contribution in [0.2, 0.25) is 0 Å². The summed E-state index contributed by atoms with van der Waals surface area (Å²) in [7, 11) is 0. The zero-order valence-corrected chi connectivity index (χ0v) is 14.0. The molecule has 2 nitrogen and oxygen atoms in total. The third kappa shape index (κ3) is 3.82. The van der Waals surface area contributed by atoms with Crippen LogP contribution in [0, 0.1) is 5.92 Å². The summed E-state index contributed by atoms with van der Waals surface area (Å²) in [4.78, 5) is 2.49. The van der Waals surface area contributed by atoms with Gasteiger partial charge in [0.05, 0.1) is 5.60 Å². The highest BCUT2D eigenvalue weighted by Crippen LogP contribution is 2.34. The molecule has 1 N–H and O–H groups in total. The summed E-state index contributed by atoms with van der Waals surface area (Å²) in [6.07, 6.45) is 3.23. The van der Waals surface area contributed by atoms with Crippen molar-refractivity contribution < 1.29 is 5.11 Å². The molecule has 1 saturated heterocycles. The van der Waals surface area contributed by atoms with E-state index in [2.05, 4.69) is 36.1 Å². The van der Waals surface area contributed by atoms with Crippen molar-refractivity contribution in [2.24, 2.45) is 5.92 Å². The fourth-order valence-electron chi connectivity index (χ4n) is 3.70. The number of rotatable bonds is 6. The fraction of sp³-hybridized carbons (Fsp3) is 0.429. The van der Waals surface area contributed by atoms with Gasteiger partial charge in [0, 0.05) is 18.9 Å². The molecule has 1 heterocycles. The van der Waals surface area contributed by atoms with Crippen LogP contribution in [-0.2, 0) is 12.0 Å². The van der Waals surface area contributed by atoms with Crippen molar-refractivity contribution in [2.75, 3.05) is 19.6 Å². The first-order chi connectivity index (χ1) is 11.2. The molecule has 3 rings (SSSR count). The molecule has 23 heavy (non-hydrogen) atoms. The fourth-order valence-corrected chi connectivity index (χ4v) is 3.70. The van der Waals surface area contributed by atoms with E-state index in [0.717, 1.165) is 12.1 Å². The van der Waals surface area contributed by atoms with E-state index in [0.29, 0.717) is 6.42 Å². The number of hydrogen-bond donors (Lipinski definition) is 1. The minimum Gasteiger partial charge on any atom is -0.384 e. The Kier molecular flexibility index (Phi) is 5.14. The summed E-state index contributed by atoms with van der Waals surface area (Å²) in [5.74, 6) is 0.184. The second-order valence-electron chi connectivity index (χ2n) is 6.86. The van der Waals surface area contributed by atoms with E-state index in [1.807, 2.05) is 36.4 Å². The molecule has 2 aromatic rings. The molecule has 0 aromatic heterocycles. The molecule has 1 fully saturated rings. The van der Waals surface area contributed by atoms with Crippen LogP contribution in [0.25, 0.3) is 0 Å². The van der Waals surface area contributed by atoms with E-state index in [-0.39, 0.29) is 5.92 Å². The molecule has 2 atom stereocenters. The Morgan fingerprint density at radius 1 is 0.957 bits per heavy atom.